The summed E-state index contributed by atoms with van der Waals surface area (Å²) < 4.78 is 34.0. The fourth-order valence-electron chi connectivity index (χ4n) is 2.42. The Bertz CT molecular complexity index is 756. The maximum atomic E-state index is 12.5. The number of benzene rings is 2. The van der Waals surface area contributed by atoms with E-state index in [0.29, 0.717) is 6.54 Å². The molecule has 0 aliphatic rings. The number of rotatable bonds is 9. The Labute approximate surface area is 155 Å². The SMILES string of the molecule is COC(=O)CN(CC(=O)Nc1ccccc1OC(F)F)Cc1ccccc1. The zero-order valence-electron chi connectivity index (χ0n) is 14.7. The van der Waals surface area contributed by atoms with Crippen molar-refractivity contribution < 1.29 is 27.8 Å². The van der Waals surface area contributed by atoms with Gasteiger partial charge in [-0.2, -0.15) is 8.78 Å². The fraction of sp³-hybridized carbons (Fsp3) is 0.263. The molecule has 0 saturated heterocycles. The highest BCUT2D eigenvalue weighted by molar-refractivity contribution is 5.93. The Morgan fingerprint density at radius 2 is 1.70 bits per heavy atom. The van der Waals surface area contributed by atoms with E-state index >= 15 is 0 Å². The molecule has 144 valence electrons. The summed E-state index contributed by atoms with van der Waals surface area (Å²) in [6, 6.07) is 15.2. The molecule has 0 bridgehead atoms. The molecular weight excluding hydrogens is 358 g/mol. The molecule has 0 aliphatic carbocycles. The van der Waals surface area contributed by atoms with Crippen LogP contribution in [0.25, 0.3) is 0 Å². The minimum atomic E-state index is -3.00. The molecule has 0 fully saturated rings. The average Bonchev–Trinajstić information content (AvgIpc) is 2.63. The highest BCUT2D eigenvalue weighted by Gasteiger charge is 2.17. The highest BCUT2D eigenvalue weighted by Crippen LogP contribution is 2.25. The summed E-state index contributed by atoms with van der Waals surface area (Å²) in [6.07, 6.45) is 0. The summed E-state index contributed by atoms with van der Waals surface area (Å²) in [5.74, 6) is -1.09. The Hall–Kier alpha value is -3.00. The lowest BCUT2D eigenvalue weighted by Crippen LogP contribution is -2.37. The number of carbonyl (C=O) groups is 2. The van der Waals surface area contributed by atoms with Gasteiger partial charge in [-0.25, -0.2) is 0 Å². The lowest BCUT2D eigenvalue weighted by atomic mass is 10.2. The topological polar surface area (TPSA) is 67.9 Å². The maximum Gasteiger partial charge on any atom is 0.387 e. The molecule has 0 heterocycles. The van der Waals surface area contributed by atoms with Gasteiger partial charge in [0.15, 0.2) is 0 Å². The average molecular weight is 378 g/mol. The molecule has 8 heteroatoms. The molecule has 0 radical (unpaired) electrons. The van der Waals surface area contributed by atoms with E-state index in [2.05, 4.69) is 14.8 Å². The second kappa shape index (κ2) is 10.2. The number of anilines is 1. The first-order valence-electron chi connectivity index (χ1n) is 8.14. The van der Waals surface area contributed by atoms with Crippen molar-refractivity contribution in [2.75, 3.05) is 25.5 Å². The van der Waals surface area contributed by atoms with Crippen LogP contribution in [-0.4, -0.2) is 43.6 Å². The molecule has 0 spiro atoms. The first kappa shape index (κ1) is 20.3. The maximum absolute atomic E-state index is 12.5. The Morgan fingerprint density at radius 3 is 2.37 bits per heavy atom. The summed E-state index contributed by atoms with van der Waals surface area (Å²) in [5, 5.41) is 2.53. The lowest BCUT2D eigenvalue weighted by Gasteiger charge is -2.21. The van der Waals surface area contributed by atoms with Crippen molar-refractivity contribution >= 4 is 17.6 Å². The molecule has 1 amide bonds. The molecule has 2 aromatic carbocycles. The molecule has 6 nitrogen and oxygen atoms in total. The van der Waals surface area contributed by atoms with E-state index in [1.807, 2.05) is 30.3 Å². The van der Waals surface area contributed by atoms with Crippen molar-refractivity contribution in [3.05, 3.63) is 60.2 Å². The van der Waals surface area contributed by atoms with E-state index in [9.17, 15) is 18.4 Å². The van der Waals surface area contributed by atoms with Crippen LogP contribution in [0.1, 0.15) is 5.56 Å². The summed E-state index contributed by atoms with van der Waals surface area (Å²) in [7, 11) is 1.26. The van der Waals surface area contributed by atoms with Crippen molar-refractivity contribution in [2.24, 2.45) is 0 Å². The van der Waals surface area contributed by atoms with Crippen LogP contribution in [0.3, 0.4) is 0 Å². The number of amides is 1. The molecule has 0 unspecified atom stereocenters. The summed E-state index contributed by atoms with van der Waals surface area (Å²) in [4.78, 5) is 25.6. The van der Waals surface area contributed by atoms with Gasteiger partial charge in [-0.05, 0) is 17.7 Å². The molecule has 2 aromatic rings. The van der Waals surface area contributed by atoms with Crippen LogP contribution in [0, 0.1) is 0 Å². The van der Waals surface area contributed by atoms with Crippen molar-refractivity contribution in [2.45, 2.75) is 13.2 Å². The van der Waals surface area contributed by atoms with E-state index in [1.54, 1.807) is 11.0 Å². The van der Waals surface area contributed by atoms with Crippen molar-refractivity contribution in [1.29, 1.82) is 0 Å². The molecule has 0 aromatic heterocycles. The Kier molecular flexibility index (Phi) is 7.69. The predicted octanol–water partition coefficient (Wildman–Crippen LogP) is 2.90. The Balaban J connectivity index is 2.05. The van der Waals surface area contributed by atoms with Gasteiger partial charge in [-0.15, -0.1) is 0 Å². The number of hydrogen-bond donors (Lipinski definition) is 1. The zero-order valence-corrected chi connectivity index (χ0v) is 14.7. The molecular formula is C19H20F2N2O4. The normalized spacial score (nSPS) is 10.7. The van der Waals surface area contributed by atoms with Crippen LogP contribution in [0.5, 0.6) is 5.75 Å². The zero-order chi connectivity index (χ0) is 19.6. The number of esters is 1. The van der Waals surface area contributed by atoms with Crippen LogP contribution < -0.4 is 10.1 Å². The van der Waals surface area contributed by atoms with Crippen molar-refractivity contribution in [3.63, 3.8) is 0 Å². The van der Waals surface area contributed by atoms with Gasteiger partial charge >= 0.3 is 12.6 Å². The van der Waals surface area contributed by atoms with Crippen LogP contribution >= 0.6 is 0 Å². The standard InChI is InChI=1S/C19H20F2N2O4/c1-26-18(25)13-23(11-14-7-3-2-4-8-14)12-17(24)22-15-9-5-6-10-16(15)27-19(20)21/h2-10,19H,11-13H2,1H3,(H,22,24). The largest absolute Gasteiger partial charge is 0.468 e. The second-order valence-electron chi connectivity index (χ2n) is 5.63. The van der Waals surface area contributed by atoms with E-state index in [1.165, 1.54) is 25.3 Å². The molecule has 0 aliphatic heterocycles. The first-order chi connectivity index (χ1) is 13.0. The van der Waals surface area contributed by atoms with Crippen LogP contribution in [0.15, 0.2) is 54.6 Å². The quantitative estimate of drug-likeness (QED) is 0.680. The number of nitrogens with zero attached hydrogens (tertiary/aromatic N) is 1. The molecule has 27 heavy (non-hydrogen) atoms. The smallest absolute Gasteiger partial charge is 0.387 e. The van der Waals surface area contributed by atoms with Gasteiger partial charge in [-0.3, -0.25) is 14.5 Å². The number of ether oxygens (including phenoxy) is 2. The summed E-state index contributed by atoms with van der Waals surface area (Å²) in [6.45, 7) is -2.88. The molecule has 0 saturated carbocycles. The molecule has 0 atom stereocenters. The number of carbonyl (C=O) groups excluding carboxylic acids is 2. The second-order valence-corrected chi connectivity index (χ2v) is 5.63. The Morgan fingerprint density at radius 1 is 1.04 bits per heavy atom. The van der Waals surface area contributed by atoms with Crippen molar-refractivity contribution in [3.8, 4) is 5.75 Å². The van der Waals surface area contributed by atoms with E-state index in [4.69, 9.17) is 0 Å². The highest BCUT2D eigenvalue weighted by atomic mass is 19.3. The van der Waals surface area contributed by atoms with Gasteiger partial charge in [0.1, 0.15) is 5.75 Å². The first-order valence-corrected chi connectivity index (χ1v) is 8.14. The van der Waals surface area contributed by atoms with Crippen LogP contribution in [0.2, 0.25) is 0 Å². The number of methoxy groups -OCH3 is 1. The van der Waals surface area contributed by atoms with Gasteiger partial charge in [0.2, 0.25) is 5.91 Å². The summed E-state index contributed by atoms with van der Waals surface area (Å²) >= 11 is 0. The number of alkyl halides is 2. The summed E-state index contributed by atoms with van der Waals surface area (Å²) in [5.41, 5.74) is 1.04. The number of nitrogens with one attached hydrogen (secondary N) is 1. The number of para-hydroxylation sites is 2. The predicted molar refractivity (Wildman–Crippen MR) is 95.4 cm³/mol. The van der Waals surface area contributed by atoms with Gasteiger partial charge < -0.3 is 14.8 Å². The van der Waals surface area contributed by atoms with Gasteiger partial charge in [0.25, 0.3) is 0 Å². The lowest BCUT2D eigenvalue weighted by molar-refractivity contribution is -0.142. The number of hydrogen-bond acceptors (Lipinski definition) is 5. The third-order valence-electron chi connectivity index (χ3n) is 3.57. The van der Waals surface area contributed by atoms with E-state index < -0.39 is 18.5 Å². The molecule has 1 N–H and O–H groups in total. The third-order valence-corrected chi connectivity index (χ3v) is 3.57. The third kappa shape index (κ3) is 7.02. The van der Waals surface area contributed by atoms with Gasteiger partial charge in [-0.1, -0.05) is 42.5 Å². The van der Waals surface area contributed by atoms with Gasteiger partial charge in [0.05, 0.1) is 25.9 Å². The molecule has 2 rings (SSSR count). The van der Waals surface area contributed by atoms with E-state index in [0.717, 1.165) is 5.56 Å². The fourth-order valence-corrected chi connectivity index (χ4v) is 2.42. The number of halogens is 2. The van der Waals surface area contributed by atoms with Crippen LogP contribution in [-0.2, 0) is 20.9 Å². The minimum absolute atomic E-state index is 0.0893. The monoisotopic (exact) mass is 378 g/mol. The van der Waals surface area contributed by atoms with Crippen LogP contribution in [0.4, 0.5) is 14.5 Å². The van der Waals surface area contributed by atoms with Gasteiger partial charge in [0, 0.05) is 6.54 Å². The van der Waals surface area contributed by atoms with E-state index in [-0.39, 0.29) is 24.5 Å². The van der Waals surface area contributed by atoms with Crippen molar-refractivity contribution in [1.82, 2.24) is 4.90 Å². The minimum Gasteiger partial charge on any atom is -0.468 e.